The van der Waals surface area contributed by atoms with Crippen LogP contribution in [0.2, 0.25) is 10.0 Å². The third-order valence-electron chi connectivity index (χ3n) is 5.23. The van der Waals surface area contributed by atoms with Gasteiger partial charge in [-0.1, -0.05) is 23.2 Å². The molecular weight excluding hydrogens is 506 g/mol. The van der Waals surface area contributed by atoms with Crippen LogP contribution in [0.3, 0.4) is 0 Å². The number of nitrogens with one attached hydrogen (secondary N) is 1. The van der Waals surface area contributed by atoms with Crippen LogP contribution in [0.5, 0.6) is 0 Å². The van der Waals surface area contributed by atoms with Gasteiger partial charge >= 0.3 is 17.6 Å². The molecule has 0 radical (unpaired) electrons. The average Bonchev–Trinajstić information content (AvgIpc) is 3.23. The summed E-state index contributed by atoms with van der Waals surface area (Å²) < 4.78 is 30.9. The van der Waals surface area contributed by atoms with Gasteiger partial charge in [-0.15, -0.1) is 0 Å². The highest BCUT2D eigenvalue weighted by molar-refractivity contribution is 6.31. The molecule has 0 aliphatic carbocycles. The minimum Gasteiger partial charge on any atom is -0.459 e. The van der Waals surface area contributed by atoms with Crippen molar-refractivity contribution in [3.05, 3.63) is 103 Å². The molecule has 0 saturated carbocycles. The summed E-state index contributed by atoms with van der Waals surface area (Å²) >= 11 is 11.7. The molecule has 0 spiro atoms. The Morgan fingerprint density at radius 3 is 2.17 bits per heavy atom. The van der Waals surface area contributed by atoms with Gasteiger partial charge in [0.15, 0.2) is 0 Å². The van der Waals surface area contributed by atoms with E-state index in [0.717, 1.165) is 0 Å². The van der Waals surface area contributed by atoms with Crippen molar-refractivity contribution >= 4 is 35.1 Å². The standard InChI is InChI=1S/C23H17Cl2FN2O7/c24-14-5-1-12(2-6-14)21(30)33-11-18-17(35-22(31)13-3-7-15(25)8-4-13)9-19(34-18)28-20(29)16(26)10-27-23(28)32/h1-8,10,17-19H,9,11H2,(H,27,32)/t17-,18+,19+/m0/s1. The summed E-state index contributed by atoms with van der Waals surface area (Å²) in [4.78, 5) is 51.5. The first-order chi connectivity index (χ1) is 16.7. The molecule has 1 aromatic heterocycles. The number of benzene rings is 2. The molecule has 0 bridgehead atoms. The molecule has 9 nitrogen and oxygen atoms in total. The monoisotopic (exact) mass is 522 g/mol. The number of carbonyl (C=O) groups is 2. The Morgan fingerprint density at radius 2 is 1.57 bits per heavy atom. The normalized spacial score (nSPS) is 19.3. The molecule has 1 saturated heterocycles. The lowest BCUT2D eigenvalue weighted by Crippen LogP contribution is -2.39. The number of hydrogen-bond acceptors (Lipinski definition) is 7. The minimum absolute atomic E-state index is 0.172. The zero-order valence-electron chi connectivity index (χ0n) is 17.8. The van der Waals surface area contributed by atoms with Crippen molar-refractivity contribution in [3.63, 3.8) is 0 Å². The first-order valence-corrected chi connectivity index (χ1v) is 11.0. The maximum absolute atomic E-state index is 13.8. The van der Waals surface area contributed by atoms with Crippen LogP contribution in [0, 0.1) is 5.82 Å². The number of hydrogen-bond donors (Lipinski definition) is 1. The second-order valence-corrected chi connectivity index (χ2v) is 8.41. The summed E-state index contributed by atoms with van der Waals surface area (Å²) in [6, 6.07) is 11.9. The molecule has 4 rings (SSSR count). The second-order valence-electron chi connectivity index (χ2n) is 7.54. The van der Waals surface area contributed by atoms with Gasteiger partial charge in [0.2, 0.25) is 5.82 Å². The van der Waals surface area contributed by atoms with E-state index in [4.69, 9.17) is 37.4 Å². The van der Waals surface area contributed by atoms with Gasteiger partial charge in [0, 0.05) is 22.7 Å². The molecule has 1 aliphatic heterocycles. The molecule has 0 amide bonds. The van der Waals surface area contributed by atoms with Crippen molar-refractivity contribution < 1.29 is 28.2 Å². The Kier molecular flexibility index (Phi) is 7.34. The molecule has 2 aromatic carbocycles. The Morgan fingerprint density at radius 1 is 1.00 bits per heavy atom. The SMILES string of the molecule is O=C(OC[C@H]1O[C@@H](n2c(=O)[nH]cc(F)c2=O)C[C@@H]1OC(=O)c1ccc(Cl)cc1)c1ccc(Cl)cc1. The van der Waals surface area contributed by atoms with E-state index in [1.807, 2.05) is 0 Å². The predicted molar refractivity (Wildman–Crippen MR) is 122 cm³/mol. The van der Waals surface area contributed by atoms with Crippen LogP contribution in [0.1, 0.15) is 33.4 Å². The lowest BCUT2D eigenvalue weighted by Gasteiger charge is -2.19. The maximum Gasteiger partial charge on any atom is 0.338 e. The van der Waals surface area contributed by atoms with Gasteiger partial charge in [0.1, 0.15) is 25.0 Å². The topological polar surface area (TPSA) is 117 Å². The van der Waals surface area contributed by atoms with Gasteiger partial charge in [0.05, 0.1) is 11.1 Å². The van der Waals surface area contributed by atoms with E-state index in [0.29, 0.717) is 20.8 Å². The van der Waals surface area contributed by atoms with Gasteiger partial charge in [-0.25, -0.2) is 19.0 Å². The van der Waals surface area contributed by atoms with Crippen LogP contribution < -0.4 is 11.2 Å². The number of esters is 2. The van der Waals surface area contributed by atoms with Crippen LogP contribution in [0.4, 0.5) is 4.39 Å². The van der Waals surface area contributed by atoms with Crippen LogP contribution in [0.25, 0.3) is 0 Å². The summed E-state index contributed by atoms with van der Waals surface area (Å²) in [6.45, 7) is -0.376. The molecule has 0 unspecified atom stereocenters. The molecule has 182 valence electrons. The summed E-state index contributed by atoms with van der Waals surface area (Å²) in [7, 11) is 0. The quantitative estimate of drug-likeness (QED) is 0.493. The molecule has 1 aliphatic rings. The van der Waals surface area contributed by atoms with E-state index in [-0.39, 0.29) is 24.2 Å². The van der Waals surface area contributed by atoms with E-state index in [1.165, 1.54) is 48.5 Å². The fourth-order valence-corrected chi connectivity index (χ4v) is 3.73. The van der Waals surface area contributed by atoms with Crippen molar-refractivity contribution in [2.75, 3.05) is 6.61 Å². The second kappa shape index (κ2) is 10.4. The van der Waals surface area contributed by atoms with Gasteiger partial charge in [-0.3, -0.25) is 4.79 Å². The molecular formula is C23H17Cl2FN2O7. The Hall–Kier alpha value is -3.47. The number of halogens is 3. The van der Waals surface area contributed by atoms with Gasteiger partial charge in [-0.2, -0.15) is 4.39 Å². The zero-order chi connectivity index (χ0) is 25.1. The first-order valence-electron chi connectivity index (χ1n) is 10.3. The summed E-state index contributed by atoms with van der Waals surface area (Å²) in [5.41, 5.74) is -1.71. The van der Waals surface area contributed by atoms with E-state index >= 15 is 0 Å². The van der Waals surface area contributed by atoms with Gasteiger partial charge in [0.25, 0.3) is 5.56 Å². The van der Waals surface area contributed by atoms with Crippen molar-refractivity contribution in [1.82, 2.24) is 9.55 Å². The zero-order valence-corrected chi connectivity index (χ0v) is 19.3. The molecule has 1 N–H and O–H groups in total. The number of ether oxygens (including phenoxy) is 3. The summed E-state index contributed by atoms with van der Waals surface area (Å²) in [5.74, 6) is -2.62. The third-order valence-corrected chi connectivity index (χ3v) is 5.73. The number of aromatic nitrogens is 2. The third kappa shape index (κ3) is 5.61. The van der Waals surface area contributed by atoms with E-state index < -0.39 is 47.4 Å². The number of nitrogens with zero attached hydrogens (tertiary/aromatic N) is 1. The number of carbonyl (C=O) groups excluding carboxylic acids is 2. The summed E-state index contributed by atoms with van der Waals surface area (Å²) in [5, 5.41) is 0.853. The first kappa shape index (κ1) is 24.6. The molecule has 2 heterocycles. The lowest BCUT2D eigenvalue weighted by atomic mass is 10.1. The number of rotatable bonds is 6. The van der Waals surface area contributed by atoms with Crippen molar-refractivity contribution in [2.24, 2.45) is 0 Å². The van der Waals surface area contributed by atoms with E-state index in [1.54, 1.807) is 0 Å². The number of aromatic amines is 1. The highest BCUT2D eigenvalue weighted by Crippen LogP contribution is 2.30. The minimum atomic E-state index is -1.27. The smallest absolute Gasteiger partial charge is 0.338 e. The molecule has 3 atom stereocenters. The van der Waals surface area contributed by atoms with E-state index in [9.17, 15) is 23.6 Å². The average molecular weight is 523 g/mol. The van der Waals surface area contributed by atoms with Crippen molar-refractivity contribution in [1.29, 1.82) is 0 Å². The highest BCUT2D eigenvalue weighted by atomic mass is 35.5. The molecule has 12 heteroatoms. The maximum atomic E-state index is 13.8. The summed E-state index contributed by atoms with van der Waals surface area (Å²) in [6.07, 6.45) is -2.89. The van der Waals surface area contributed by atoms with Crippen molar-refractivity contribution in [3.8, 4) is 0 Å². The van der Waals surface area contributed by atoms with Crippen LogP contribution in [0.15, 0.2) is 64.3 Å². The Bertz CT molecular complexity index is 1360. The fraction of sp³-hybridized carbons (Fsp3) is 0.217. The molecule has 3 aromatic rings. The lowest BCUT2D eigenvalue weighted by molar-refractivity contribution is -0.0592. The molecule has 35 heavy (non-hydrogen) atoms. The van der Waals surface area contributed by atoms with Crippen molar-refractivity contribution in [2.45, 2.75) is 24.9 Å². The van der Waals surface area contributed by atoms with Crippen LogP contribution in [-0.4, -0.2) is 40.3 Å². The van der Waals surface area contributed by atoms with Gasteiger partial charge in [-0.05, 0) is 48.5 Å². The Labute approximate surface area is 207 Å². The van der Waals surface area contributed by atoms with Crippen LogP contribution >= 0.6 is 23.2 Å². The predicted octanol–water partition coefficient (Wildman–Crippen LogP) is 3.35. The van der Waals surface area contributed by atoms with E-state index in [2.05, 4.69) is 4.98 Å². The largest absolute Gasteiger partial charge is 0.459 e. The van der Waals surface area contributed by atoms with Gasteiger partial charge < -0.3 is 19.2 Å². The molecule has 1 fully saturated rings. The number of H-pyrrole nitrogens is 1. The van der Waals surface area contributed by atoms with Crippen LogP contribution in [-0.2, 0) is 14.2 Å². The fourth-order valence-electron chi connectivity index (χ4n) is 3.48. The Balaban J connectivity index is 1.55. The highest BCUT2D eigenvalue weighted by Gasteiger charge is 2.41.